The number of hydrogen-bond acceptors (Lipinski definition) is 3. The van der Waals surface area contributed by atoms with Crippen LogP contribution in [0.15, 0.2) is 24.3 Å². The normalized spacial score (nSPS) is 22.5. The zero-order valence-electron chi connectivity index (χ0n) is 14.0. The zero-order chi connectivity index (χ0) is 15.9. The van der Waals surface area contributed by atoms with Gasteiger partial charge in [-0.2, -0.15) is 11.8 Å². The lowest BCUT2D eigenvalue weighted by molar-refractivity contribution is -0.118. The summed E-state index contributed by atoms with van der Waals surface area (Å²) >= 11 is 1.56. The van der Waals surface area contributed by atoms with Gasteiger partial charge in [0.2, 0.25) is 5.91 Å². The summed E-state index contributed by atoms with van der Waals surface area (Å²) in [6.07, 6.45) is 3.29. The number of hydrogen-bond donors (Lipinski definition) is 1. The Morgan fingerprint density at radius 2 is 1.86 bits per heavy atom. The van der Waals surface area contributed by atoms with E-state index in [2.05, 4.69) is 48.3 Å². The van der Waals surface area contributed by atoms with E-state index in [1.807, 2.05) is 6.26 Å². The second kappa shape index (κ2) is 8.59. The van der Waals surface area contributed by atoms with Gasteiger partial charge in [-0.1, -0.05) is 38.1 Å². The summed E-state index contributed by atoms with van der Waals surface area (Å²) in [6, 6.07) is 8.48. The Labute approximate surface area is 138 Å². The Morgan fingerprint density at radius 3 is 2.50 bits per heavy atom. The van der Waals surface area contributed by atoms with Gasteiger partial charge in [-0.25, -0.2) is 0 Å². The second-order valence-electron chi connectivity index (χ2n) is 6.62. The molecule has 1 aromatic rings. The standard InChI is InChI=1S/C18H28N2OS/c1-14-8-15(2)11-20(10-14)12-17-7-5-4-6-16(17)9-19-18(21)13-22-3/h4-7,14-15H,8-13H2,1-3H3,(H,19,21)/t14-,15+. The molecule has 22 heavy (non-hydrogen) atoms. The van der Waals surface area contributed by atoms with Crippen molar-refractivity contribution in [2.24, 2.45) is 11.8 Å². The molecule has 1 amide bonds. The van der Waals surface area contributed by atoms with Gasteiger partial charge >= 0.3 is 0 Å². The molecule has 1 N–H and O–H groups in total. The molecule has 1 aromatic carbocycles. The van der Waals surface area contributed by atoms with E-state index in [1.165, 1.54) is 30.6 Å². The number of likely N-dealkylation sites (tertiary alicyclic amines) is 1. The quantitative estimate of drug-likeness (QED) is 0.874. The molecule has 0 spiro atoms. The highest BCUT2D eigenvalue weighted by atomic mass is 32.2. The highest BCUT2D eigenvalue weighted by molar-refractivity contribution is 7.99. The Kier molecular flexibility index (Phi) is 6.77. The van der Waals surface area contributed by atoms with Crippen molar-refractivity contribution in [3.05, 3.63) is 35.4 Å². The minimum Gasteiger partial charge on any atom is -0.351 e. The van der Waals surface area contributed by atoms with Crippen LogP contribution >= 0.6 is 11.8 Å². The largest absolute Gasteiger partial charge is 0.351 e. The molecule has 3 nitrogen and oxygen atoms in total. The Hall–Kier alpha value is -1.00. The summed E-state index contributed by atoms with van der Waals surface area (Å²) in [6.45, 7) is 8.67. The van der Waals surface area contributed by atoms with E-state index in [-0.39, 0.29) is 5.91 Å². The van der Waals surface area contributed by atoms with Crippen molar-refractivity contribution < 1.29 is 4.79 Å². The van der Waals surface area contributed by atoms with Crippen molar-refractivity contribution in [3.8, 4) is 0 Å². The molecule has 1 aliphatic rings. The van der Waals surface area contributed by atoms with Crippen LogP contribution in [0.4, 0.5) is 0 Å². The molecule has 0 aliphatic carbocycles. The molecule has 0 unspecified atom stereocenters. The van der Waals surface area contributed by atoms with Crippen molar-refractivity contribution >= 4 is 17.7 Å². The van der Waals surface area contributed by atoms with E-state index in [0.29, 0.717) is 12.3 Å². The van der Waals surface area contributed by atoms with Gasteiger partial charge in [0.15, 0.2) is 0 Å². The van der Waals surface area contributed by atoms with E-state index in [9.17, 15) is 4.79 Å². The van der Waals surface area contributed by atoms with Gasteiger partial charge < -0.3 is 5.32 Å². The van der Waals surface area contributed by atoms with Crippen LogP contribution in [0.5, 0.6) is 0 Å². The first-order chi connectivity index (χ1) is 10.6. The molecule has 1 aliphatic heterocycles. The van der Waals surface area contributed by atoms with Gasteiger partial charge in [-0.3, -0.25) is 9.69 Å². The summed E-state index contributed by atoms with van der Waals surface area (Å²) in [5.74, 6) is 2.19. The first-order valence-corrected chi connectivity index (χ1v) is 9.52. The number of nitrogens with zero attached hydrogens (tertiary/aromatic N) is 1. The number of carbonyl (C=O) groups excluding carboxylic acids is 1. The molecule has 1 saturated heterocycles. The lowest BCUT2D eigenvalue weighted by Crippen LogP contribution is -2.38. The predicted molar refractivity (Wildman–Crippen MR) is 94.9 cm³/mol. The molecule has 0 radical (unpaired) electrons. The molecule has 2 rings (SSSR count). The minimum absolute atomic E-state index is 0.113. The van der Waals surface area contributed by atoms with Crippen molar-refractivity contribution in [3.63, 3.8) is 0 Å². The van der Waals surface area contributed by atoms with Crippen molar-refractivity contribution in [1.29, 1.82) is 0 Å². The van der Waals surface area contributed by atoms with Crippen LogP contribution in [-0.2, 0) is 17.9 Å². The lowest BCUT2D eigenvalue weighted by Gasteiger charge is -2.35. The van der Waals surface area contributed by atoms with Crippen LogP contribution in [0.25, 0.3) is 0 Å². The maximum Gasteiger partial charge on any atom is 0.230 e. The molecule has 0 bridgehead atoms. The number of carbonyl (C=O) groups is 1. The van der Waals surface area contributed by atoms with Crippen LogP contribution in [0.1, 0.15) is 31.4 Å². The van der Waals surface area contributed by atoms with Crippen molar-refractivity contribution in [2.75, 3.05) is 25.1 Å². The molecule has 2 atom stereocenters. The Bertz CT molecular complexity index is 482. The first kappa shape index (κ1) is 17.4. The maximum atomic E-state index is 11.7. The average Bonchev–Trinajstić information content (AvgIpc) is 2.45. The number of rotatable bonds is 6. The maximum absolute atomic E-state index is 11.7. The van der Waals surface area contributed by atoms with Crippen LogP contribution in [-0.4, -0.2) is 35.9 Å². The zero-order valence-corrected chi connectivity index (χ0v) is 14.8. The molecule has 0 aromatic heterocycles. The molecule has 1 fully saturated rings. The van der Waals surface area contributed by atoms with Crippen LogP contribution < -0.4 is 5.32 Å². The summed E-state index contributed by atoms with van der Waals surface area (Å²) in [7, 11) is 0. The van der Waals surface area contributed by atoms with Gasteiger partial charge in [0, 0.05) is 26.2 Å². The first-order valence-electron chi connectivity index (χ1n) is 8.13. The van der Waals surface area contributed by atoms with Gasteiger partial charge in [-0.05, 0) is 35.6 Å². The molecular formula is C18H28N2OS. The summed E-state index contributed by atoms with van der Waals surface area (Å²) < 4.78 is 0. The predicted octanol–water partition coefficient (Wildman–Crippen LogP) is 3.14. The van der Waals surface area contributed by atoms with E-state index in [1.54, 1.807) is 11.8 Å². The third-order valence-corrected chi connectivity index (χ3v) is 4.76. The minimum atomic E-state index is 0.113. The van der Waals surface area contributed by atoms with Crippen LogP contribution in [0.3, 0.4) is 0 Å². The SMILES string of the molecule is CSCC(=O)NCc1ccccc1CN1C[C@H](C)C[C@H](C)C1. The highest BCUT2D eigenvalue weighted by Gasteiger charge is 2.22. The molecule has 0 saturated carbocycles. The number of piperidine rings is 1. The fourth-order valence-corrected chi connectivity index (χ4v) is 3.79. The van der Waals surface area contributed by atoms with Crippen molar-refractivity contribution in [2.45, 2.75) is 33.4 Å². The van der Waals surface area contributed by atoms with Crippen LogP contribution in [0, 0.1) is 11.8 Å². The van der Waals surface area contributed by atoms with Gasteiger partial charge in [-0.15, -0.1) is 0 Å². The van der Waals surface area contributed by atoms with Gasteiger partial charge in [0.25, 0.3) is 0 Å². The molecular weight excluding hydrogens is 292 g/mol. The molecule has 1 heterocycles. The second-order valence-corrected chi connectivity index (χ2v) is 7.48. The van der Waals surface area contributed by atoms with E-state index < -0.39 is 0 Å². The van der Waals surface area contributed by atoms with E-state index >= 15 is 0 Å². The average molecular weight is 321 g/mol. The Balaban J connectivity index is 1.97. The Morgan fingerprint density at radius 1 is 1.23 bits per heavy atom. The summed E-state index contributed by atoms with van der Waals surface area (Å²) in [5, 5.41) is 3.02. The monoisotopic (exact) mass is 320 g/mol. The smallest absolute Gasteiger partial charge is 0.230 e. The number of amides is 1. The van der Waals surface area contributed by atoms with Gasteiger partial charge in [0.1, 0.15) is 0 Å². The number of nitrogens with one attached hydrogen (secondary N) is 1. The fourth-order valence-electron chi connectivity index (χ4n) is 3.42. The fraction of sp³-hybridized carbons (Fsp3) is 0.611. The van der Waals surface area contributed by atoms with Crippen molar-refractivity contribution in [1.82, 2.24) is 10.2 Å². The third-order valence-electron chi connectivity index (χ3n) is 4.21. The number of thioether (sulfide) groups is 1. The number of benzene rings is 1. The van der Waals surface area contributed by atoms with Gasteiger partial charge in [0.05, 0.1) is 5.75 Å². The summed E-state index contributed by atoms with van der Waals surface area (Å²) in [5.41, 5.74) is 2.58. The van der Waals surface area contributed by atoms with E-state index in [4.69, 9.17) is 0 Å². The van der Waals surface area contributed by atoms with Crippen LogP contribution in [0.2, 0.25) is 0 Å². The third kappa shape index (κ3) is 5.33. The lowest BCUT2D eigenvalue weighted by atomic mass is 9.91. The molecule has 122 valence electrons. The highest BCUT2D eigenvalue weighted by Crippen LogP contribution is 2.23. The summed E-state index contributed by atoms with van der Waals surface area (Å²) in [4.78, 5) is 14.2. The van der Waals surface area contributed by atoms with E-state index in [0.717, 1.165) is 18.4 Å². The molecule has 4 heteroatoms. The topological polar surface area (TPSA) is 32.3 Å².